The summed E-state index contributed by atoms with van der Waals surface area (Å²) < 4.78 is 0. The van der Waals surface area contributed by atoms with Crippen molar-refractivity contribution in [3.63, 3.8) is 0 Å². The molecule has 0 N–H and O–H groups in total. The fourth-order valence-corrected chi connectivity index (χ4v) is 14.4. The zero-order valence-electron chi connectivity index (χ0n) is 56.4. The Balaban J connectivity index is 1.05. The molecule has 0 aliphatic rings. The molecule has 0 spiro atoms. The molecule has 0 unspecified atom stereocenters. The summed E-state index contributed by atoms with van der Waals surface area (Å²) in [5, 5.41) is 0. The topological polar surface area (TPSA) is 51.2 Å². The van der Waals surface area contributed by atoms with Crippen molar-refractivity contribution in [2.75, 3.05) is 0 Å². The average molecular weight is 1210 g/mol. The zero-order chi connectivity index (χ0) is 65.8. The highest BCUT2D eigenvalue weighted by atomic mass is 16.1. The van der Waals surface area contributed by atoms with E-state index in [0.717, 1.165) is 172 Å². The molecule has 0 amide bonds. The summed E-state index contributed by atoms with van der Waals surface area (Å²) in [6, 6.07) is 74.5. The molecule has 0 aromatic heterocycles. The Morgan fingerprint density at radius 2 is 0.333 bits per heavy atom. The highest BCUT2D eigenvalue weighted by Crippen LogP contribution is 2.50. The average Bonchev–Trinajstić information content (AvgIpc) is 0.806. The van der Waals surface area contributed by atoms with Gasteiger partial charge in [-0.25, -0.2) is 0 Å². The summed E-state index contributed by atoms with van der Waals surface area (Å²) in [6.45, 7) is 31.5. The molecule has 0 saturated heterocycles. The molecule has 3 nitrogen and oxygen atoms in total. The zero-order valence-corrected chi connectivity index (χ0v) is 56.4. The molecule has 3 heteroatoms. The van der Waals surface area contributed by atoms with Crippen LogP contribution in [0.1, 0.15) is 131 Å². The minimum atomic E-state index is 0.0214. The lowest BCUT2D eigenvalue weighted by Gasteiger charge is -2.23. The first-order valence-corrected chi connectivity index (χ1v) is 32.5. The number of hydrogen-bond acceptors (Lipinski definition) is 3. The molecule has 458 valence electrons. The monoisotopic (exact) mass is 1210 g/mol. The van der Waals surface area contributed by atoms with Gasteiger partial charge in [-0.05, 0) is 276 Å². The minimum Gasteiger partial charge on any atom is -0.289 e. The molecule has 0 saturated carbocycles. The Morgan fingerprint density at radius 3 is 0.548 bits per heavy atom. The molecule has 0 aliphatic carbocycles. The van der Waals surface area contributed by atoms with E-state index in [9.17, 15) is 14.4 Å². The Bertz CT molecular complexity index is 4880. The largest absolute Gasteiger partial charge is 0.289 e. The van der Waals surface area contributed by atoms with E-state index in [-0.39, 0.29) is 17.3 Å². The van der Waals surface area contributed by atoms with Gasteiger partial charge in [0, 0.05) is 33.4 Å². The molecule has 12 aromatic carbocycles. The van der Waals surface area contributed by atoms with E-state index in [1.54, 1.807) is 0 Å². The maximum atomic E-state index is 14.7. The number of carbonyl (C=O) groups excluding carboxylic acids is 3. The molecule has 0 bridgehead atoms. The SMILES string of the molecule is Cc1c(C)c(C)c(C(=O)c2ccc(-c3ccc(-c4ccccc4)c(-c4ccc(-c5c(-c6ccc(C(=O)c7c(C)c(C)c(C)c(C)c7C)cc6)ccc(-c6ccc(C(=O)c7c(C)c(C)c(C)c(C)c7C)cc6)c5-c5ccccc5)cc4)c3-c3ccccc3)cc2)c(C)c1C. The van der Waals surface area contributed by atoms with Crippen molar-refractivity contribution in [3.05, 3.63) is 329 Å². The van der Waals surface area contributed by atoms with Crippen LogP contribution >= 0.6 is 0 Å². The maximum absolute atomic E-state index is 14.7. The lowest BCUT2D eigenvalue weighted by molar-refractivity contribution is 0.102. The number of hydrogen-bond donors (Lipinski definition) is 0. The fraction of sp³-hybridized carbons (Fsp3) is 0.167. The smallest absolute Gasteiger partial charge is 0.193 e. The molecular weight excluding hydrogens is 1130 g/mol. The summed E-state index contributed by atoms with van der Waals surface area (Å²) >= 11 is 0. The Labute approximate surface area is 550 Å². The molecule has 0 aliphatic heterocycles. The van der Waals surface area contributed by atoms with Gasteiger partial charge in [0.1, 0.15) is 0 Å². The van der Waals surface area contributed by atoms with Gasteiger partial charge >= 0.3 is 0 Å². The number of ketones is 3. The maximum Gasteiger partial charge on any atom is 0.193 e. The number of benzene rings is 12. The van der Waals surface area contributed by atoms with E-state index >= 15 is 0 Å². The second-order valence-electron chi connectivity index (χ2n) is 25.7. The normalized spacial score (nSPS) is 11.3. The highest BCUT2D eigenvalue weighted by Gasteiger charge is 2.27. The Hall–Kier alpha value is -10.4. The van der Waals surface area contributed by atoms with Crippen LogP contribution in [0, 0.1) is 104 Å². The van der Waals surface area contributed by atoms with E-state index in [1.807, 2.05) is 36.4 Å². The molecular formula is C90H80O3. The third-order valence-electron chi connectivity index (χ3n) is 21.1. The molecule has 0 fully saturated rings. The quantitative estimate of drug-likeness (QED) is 0.102. The van der Waals surface area contributed by atoms with Crippen molar-refractivity contribution >= 4 is 17.3 Å². The first-order chi connectivity index (χ1) is 44.7. The van der Waals surface area contributed by atoms with Crippen LogP contribution in [0.2, 0.25) is 0 Å². The summed E-state index contributed by atoms with van der Waals surface area (Å²) in [7, 11) is 0. The van der Waals surface area contributed by atoms with Crippen LogP contribution in [0.25, 0.3) is 89.0 Å². The van der Waals surface area contributed by atoms with Gasteiger partial charge in [-0.2, -0.15) is 0 Å². The fourth-order valence-electron chi connectivity index (χ4n) is 14.4. The second kappa shape index (κ2) is 25.4. The molecule has 93 heavy (non-hydrogen) atoms. The number of rotatable bonds is 14. The summed E-state index contributed by atoms with van der Waals surface area (Å²) in [4.78, 5) is 43.8. The van der Waals surface area contributed by atoms with Gasteiger partial charge in [-0.1, -0.05) is 212 Å². The van der Waals surface area contributed by atoms with E-state index in [0.29, 0.717) is 16.7 Å². The summed E-state index contributed by atoms with van der Waals surface area (Å²) in [6.07, 6.45) is 0. The summed E-state index contributed by atoms with van der Waals surface area (Å²) in [5.41, 5.74) is 37.7. The van der Waals surface area contributed by atoms with Crippen molar-refractivity contribution in [2.45, 2.75) is 104 Å². The highest BCUT2D eigenvalue weighted by molar-refractivity contribution is 6.14. The summed E-state index contributed by atoms with van der Waals surface area (Å²) in [5.74, 6) is 0.0828. The third kappa shape index (κ3) is 11.1. The van der Waals surface area contributed by atoms with Gasteiger partial charge in [-0.15, -0.1) is 0 Å². The lowest BCUT2D eigenvalue weighted by atomic mass is 9.80. The van der Waals surface area contributed by atoms with Crippen LogP contribution in [0.15, 0.2) is 212 Å². The van der Waals surface area contributed by atoms with Crippen LogP contribution in [-0.2, 0) is 0 Å². The van der Waals surface area contributed by atoms with E-state index < -0.39 is 0 Å². The van der Waals surface area contributed by atoms with E-state index in [1.165, 1.54) is 16.7 Å². The van der Waals surface area contributed by atoms with Crippen molar-refractivity contribution < 1.29 is 14.4 Å². The molecule has 12 aromatic rings. The lowest BCUT2D eigenvalue weighted by Crippen LogP contribution is -2.10. The molecule has 0 radical (unpaired) electrons. The first kappa shape index (κ1) is 62.8. The van der Waals surface area contributed by atoms with E-state index in [4.69, 9.17) is 0 Å². The van der Waals surface area contributed by atoms with Crippen LogP contribution in [-0.4, -0.2) is 17.3 Å². The van der Waals surface area contributed by atoms with Crippen LogP contribution in [0.5, 0.6) is 0 Å². The van der Waals surface area contributed by atoms with Crippen LogP contribution in [0.3, 0.4) is 0 Å². The van der Waals surface area contributed by atoms with Gasteiger partial charge in [0.05, 0.1) is 0 Å². The standard InChI is InChI=1S/C90H80O3/c1-51-54(4)60(10)81(61(11)55(51)5)88(91)74-41-31-67(32-42-74)78-48-47-77(66-25-19-16-20-26-66)86(84(78)70-27-21-17-22-28-70)72-37-39-73(40-38-72)87-80(69-35-45-76(46-36-69)90(93)83-64(14)58(8)53(3)59(9)65(83)15)50-49-79(85(87)71-29-23-18-24-30-71)68-33-43-75(44-34-68)89(92)82-62(12)56(6)52(2)57(7)63(82)13/h16-50H,1-15H3. The molecule has 0 atom stereocenters. The minimum absolute atomic E-state index is 0.0214. The number of carbonyl (C=O) groups is 3. The van der Waals surface area contributed by atoms with Crippen molar-refractivity contribution in [1.82, 2.24) is 0 Å². The third-order valence-corrected chi connectivity index (χ3v) is 21.1. The van der Waals surface area contributed by atoms with Gasteiger partial charge in [-0.3, -0.25) is 14.4 Å². The molecule has 0 heterocycles. The van der Waals surface area contributed by atoms with Gasteiger partial charge in [0.2, 0.25) is 0 Å². The van der Waals surface area contributed by atoms with Crippen molar-refractivity contribution in [1.29, 1.82) is 0 Å². The van der Waals surface area contributed by atoms with E-state index in [2.05, 4.69) is 280 Å². The van der Waals surface area contributed by atoms with Gasteiger partial charge in [0.25, 0.3) is 0 Å². The predicted molar refractivity (Wildman–Crippen MR) is 391 cm³/mol. The second-order valence-corrected chi connectivity index (χ2v) is 25.7. The van der Waals surface area contributed by atoms with Crippen LogP contribution < -0.4 is 0 Å². The van der Waals surface area contributed by atoms with Crippen molar-refractivity contribution in [3.8, 4) is 89.0 Å². The predicted octanol–water partition coefficient (Wildman–Crippen LogP) is 23.3. The first-order valence-electron chi connectivity index (χ1n) is 32.5. The Morgan fingerprint density at radius 1 is 0.172 bits per heavy atom. The van der Waals surface area contributed by atoms with Gasteiger partial charge in [0.15, 0.2) is 17.3 Å². The Kier molecular flexibility index (Phi) is 17.1. The van der Waals surface area contributed by atoms with Crippen molar-refractivity contribution in [2.24, 2.45) is 0 Å². The van der Waals surface area contributed by atoms with Gasteiger partial charge < -0.3 is 0 Å². The molecule has 12 rings (SSSR count). The van der Waals surface area contributed by atoms with Crippen LogP contribution in [0.4, 0.5) is 0 Å².